The summed E-state index contributed by atoms with van der Waals surface area (Å²) in [6.07, 6.45) is 7.66. The molecule has 0 aromatic rings. The Labute approximate surface area is 140 Å². The van der Waals surface area contributed by atoms with E-state index in [1.165, 1.54) is 12.8 Å². The van der Waals surface area contributed by atoms with Gasteiger partial charge in [0.15, 0.2) is 0 Å². The van der Waals surface area contributed by atoms with Crippen LogP contribution >= 0.6 is 0 Å². The van der Waals surface area contributed by atoms with Gasteiger partial charge in [-0.2, -0.15) is 0 Å². The van der Waals surface area contributed by atoms with Gasteiger partial charge in [-0.1, -0.05) is 6.92 Å². The summed E-state index contributed by atoms with van der Waals surface area (Å²) in [6, 6.07) is 0.327. The highest BCUT2D eigenvalue weighted by Crippen LogP contribution is 2.24. The SMILES string of the molecule is CC1CCC(NC(=O)C(C)N2CCC(OCCCO)CC2)CC1. The predicted molar refractivity (Wildman–Crippen MR) is 91.3 cm³/mol. The van der Waals surface area contributed by atoms with Gasteiger partial charge in [0.2, 0.25) is 5.91 Å². The van der Waals surface area contributed by atoms with Gasteiger partial charge in [0, 0.05) is 32.3 Å². The monoisotopic (exact) mass is 326 g/mol. The maximum atomic E-state index is 12.5. The summed E-state index contributed by atoms with van der Waals surface area (Å²) >= 11 is 0. The summed E-state index contributed by atoms with van der Waals surface area (Å²) in [5.74, 6) is 0.995. The lowest BCUT2D eigenvalue weighted by Gasteiger charge is -2.36. The standard InChI is InChI=1S/C18H34N2O3/c1-14-4-6-16(7-5-14)19-18(22)15(2)20-10-8-17(9-11-20)23-13-3-12-21/h14-17,21H,3-13H2,1-2H3,(H,19,22). The van der Waals surface area contributed by atoms with Crippen LogP contribution in [-0.2, 0) is 9.53 Å². The number of hydrogen-bond donors (Lipinski definition) is 2. The van der Waals surface area contributed by atoms with E-state index < -0.39 is 0 Å². The number of rotatable bonds is 7. The van der Waals surface area contributed by atoms with Crippen LogP contribution in [0, 0.1) is 5.92 Å². The summed E-state index contributed by atoms with van der Waals surface area (Å²) < 4.78 is 5.76. The second-order valence-electron chi connectivity index (χ2n) is 7.32. The van der Waals surface area contributed by atoms with Crippen LogP contribution in [0.15, 0.2) is 0 Å². The maximum absolute atomic E-state index is 12.5. The van der Waals surface area contributed by atoms with E-state index in [2.05, 4.69) is 17.1 Å². The number of hydrogen-bond acceptors (Lipinski definition) is 4. The Kier molecular flexibility index (Phi) is 7.80. The number of carbonyl (C=O) groups is 1. The molecule has 0 bridgehead atoms. The average molecular weight is 326 g/mol. The first kappa shape index (κ1) is 18.7. The number of nitrogens with one attached hydrogen (secondary N) is 1. The minimum Gasteiger partial charge on any atom is -0.396 e. The molecule has 1 heterocycles. The van der Waals surface area contributed by atoms with Crippen molar-refractivity contribution in [3.8, 4) is 0 Å². The summed E-state index contributed by atoms with van der Waals surface area (Å²) in [6.45, 7) is 6.98. The number of nitrogens with zero attached hydrogens (tertiary/aromatic N) is 1. The van der Waals surface area contributed by atoms with E-state index in [0.29, 0.717) is 19.1 Å². The van der Waals surface area contributed by atoms with Gasteiger partial charge in [-0.25, -0.2) is 0 Å². The lowest BCUT2D eigenvalue weighted by atomic mass is 9.87. The Morgan fingerprint density at radius 2 is 1.87 bits per heavy atom. The molecule has 1 saturated heterocycles. The van der Waals surface area contributed by atoms with Crippen molar-refractivity contribution in [3.63, 3.8) is 0 Å². The molecular weight excluding hydrogens is 292 g/mol. The van der Waals surface area contributed by atoms with Crippen LogP contribution in [0.4, 0.5) is 0 Å². The molecule has 5 heteroatoms. The van der Waals surface area contributed by atoms with Gasteiger partial charge in [0.05, 0.1) is 12.1 Å². The molecule has 0 spiro atoms. The van der Waals surface area contributed by atoms with Crippen LogP contribution in [0.3, 0.4) is 0 Å². The van der Waals surface area contributed by atoms with E-state index in [4.69, 9.17) is 9.84 Å². The zero-order valence-corrected chi connectivity index (χ0v) is 14.8. The van der Waals surface area contributed by atoms with Crippen LogP contribution in [-0.4, -0.2) is 60.4 Å². The minimum absolute atomic E-state index is 0.0484. The predicted octanol–water partition coefficient (Wildman–Crippen LogP) is 1.93. The molecule has 1 aliphatic heterocycles. The number of likely N-dealkylation sites (tertiary alicyclic amines) is 1. The van der Waals surface area contributed by atoms with E-state index >= 15 is 0 Å². The van der Waals surface area contributed by atoms with Crippen LogP contribution in [0.1, 0.15) is 58.8 Å². The molecular formula is C18H34N2O3. The zero-order chi connectivity index (χ0) is 16.7. The molecule has 1 atom stereocenters. The number of aliphatic hydroxyl groups excluding tert-OH is 1. The molecule has 0 aromatic carbocycles. The fraction of sp³-hybridized carbons (Fsp3) is 0.944. The van der Waals surface area contributed by atoms with Crippen LogP contribution in [0.25, 0.3) is 0 Å². The Morgan fingerprint density at radius 3 is 2.48 bits per heavy atom. The third kappa shape index (κ3) is 6.05. The zero-order valence-electron chi connectivity index (χ0n) is 14.8. The highest BCUT2D eigenvalue weighted by Gasteiger charge is 2.28. The van der Waals surface area contributed by atoms with Crippen molar-refractivity contribution < 1.29 is 14.6 Å². The van der Waals surface area contributed by atoms with Gasteiger partial charge >= 0.3 is 0 Å². The molecule has 1 aliphatic carbocycles. The van der Waals surface area contributed by atoms with Gasteiger partial charge in [-0.05, 0) is 57.8 Å². The van der Waals surface area contributed by atoms with Gasteiger partial charge < -0.3 is 15.2 Å². The van der Waals surface area contributed by atoms with Crippen molar-refractivity contribution in [1.29, 1.82) is 0 Å². The Bertz CT molecular complexity index is 348. The molecule has 2 N–H and O–H groups in total. The molecule has 23 heavy (non-hydrogen) atoms. The molecule has 1 unspecified atom stereocenters. The fourth-order valence-electron chi connectivity index (χ4n) is 3.64. The van der Waals surface area contributed by atoms with Gasteiger partial charge in [0.25, 0.3) is 0 Å². The fourth-order valence-corrected chi connectivity index (χ4v) is 3.64. The first-order valence-corrected chi connectivity index (χ1v) is 9.37. The maximum Gasteiger partial charge on any atom is 0.237 e. The lowest BCUT2D eigenvalue weighted by molar-refractivity contribution is -0.128. The number of amides is 1. The van der Waals surface area contributed by atoms with Crippen molar-refractivity contribution in [2.24, 2.45) is 5.92 Å². The lowest BCUT2D eigenvalue weighted by Crippen LogP contribution is -2.51. The van der Waals surface area contributed by atoms with Crippen molar-refractivity contribution in [1.82, 2.24) is 10.2 Å². The molecule has 134 valence electrons. The second kappa shape index (κ2) is 9.60. The molecule has 0 aromatic heterocycles. The third-order valence-corrected chi connectivity index (χ3v) is 5.42. The van der Waals surface area contributed by atoms with Crippen molar-refractivity contribution in [2.75, 3.05) is 26.3 Å². The summed E-state index contributed by atoms with van der Waals surface area (Å²) in [5, 5.41) is 12.0. The number of ether oxygens (including phenoxy) is 1. The van der Waals surface area contributed by atoms with E-state index in [1.807, 2.05) is 6.92 Å². The molecule has 2 fully saturated rings. The number of carbonyl (C=O) groups excluding carboxylic acids is 1. The summed E-state index contributed by atoms with van der Waals surface area (Å²) in [7, 11) is 0. The third-order valence-electron chi connectivity index (χ3n) is 5.42. The Morgan fingerprint density at radius 1 is 1.22 bits per heavy atom. The molecule has 5 nitrogen and oxygen atoms in total. The molecule has 1 saturated carbocycles. The smallest absolute Gasteiger partial charge is 0.237 e. The molecule has 2 aliphatic rings. The highest BCUT2D eigenvalue weighted by molar-refractivity contribution is 5.81. The van der Waals surface area contributed by atoms with E-state index in [0.717, 1.165) is 44.7 Å². The Hall–Kier alpha value is -0.650. The molecule has 1 amide bonds. The van der Waals surface area contributed by atoms with E-state index in [-0.39, 0.29) is 24.7 Å². The highest BCUT2D eigenvalue weighted by atomic mass is 16.5. The van der Waals surface area contributed by atoms with Crippen molar-refractivity contribution in [3.05, 3.63) is 0 Å². The normalized spacial score (nSPS) is 28.5. The second-order valence-corrected chi connectivity index (χ2v) is 7.32. The summed E-state index contributed by atoms with van der Waals surface area (Å²) in [4.78, 5) is 14.7. The molecule has 2 rings (SSSR count). The van der Waals surface area contributed by atoms with E-state index in [1.54, 1.807) is 0 Å². The first-order valence-electron chi connectivity index (χ1n) is 9.37. The average Bonchev–Trinajstić information content (AvgIpc) is 2.57. The van der Waals surface area contributed by atoms with Gasteiger partial charge in [-0.3, -0.25) is 9.69 Å². The quantitative estimate of drug-likeness (QED) is 0.702. The minimum atomic E-state index is -0.0484. The van der Waals surface area contributed by atoms with Crippen LogP contribution in [0.2, 0.25) is 0 Å². The van der Waals surface area contributed by atoms with Gasteiger partial charge in [0.1, 0.15) is 0 Å². The van der Waals surface area contributed by atoms with Crippen LogP contribution in [0.5, 0.6) is 0 Å². The molecule has 0 radical (unpaired) electrons. The van der Waals surface area contributed by atoms with Gasteiger partial charge in [-0.15, -0.1) is 0 Å². The first-order chi connectivity index (χ1) is 11.1. The number of aliphatic hydroxyl groups is 1. The number of piperidine rings is 1. The summed E-state index contributed by atoms with van der Waals surface area (Å²) in [5.41, 5.74) is 0. The Balaban J connectivity index is 1.67. The largest absolute Gasteiger partial charge is 0.396 e. The van der Waals surface area contributed by atoms with Crippen LogP contribution < -0.4 is 5.32 Å². The van der Waals surface area contributed by atoms with Crippen molar-refractivity contribution in [2.45, 2.75) is 77.0 Å². The van der Waals surface area contributed by atoms with E-state index in [9.17, 15) is 4.79 Å². The topological polar surface area (TPSA) is 61.8 Å². The van der Waals surface area contributed by atoms with Crippen molar-refractivity contribution >= 4 is 5.91 Å².